The van der Waals surface area contributed by atoms with Gasteiger partial charge >= 0.3 is 0 Å². The largest absolute Gasteiger partial charge is 0.383 e. The summed E-state index contributed by atoms with van der Waals surface area (Å²) in [6.07, 6.45) is 4.34. The van der Waals surface area contributed by atoms with Crippen molar-refractivity contribution in [3.05, 3.63) is 71.8 Å². The number of guanidine groups is 1. The molecule has 2 aromatic carbocycles. The van der Waals surface area contributed by atoms with Crippen LogP contribution in [0.5, 0.6) is 0 Å². The van der Waals surface area contributed by atoms with E-state index in [1.807, 2.05) is 60.7 Å². The van der Waals surface area contributed by atoms with Crippen molar-refractivity contribution in [2.24, 2.45) is 16.6 Å². The van der Waals surface area contributed by atoms with Gasteiger partial charge in [0.2, 0.25) is 0 Å². The molecule has 1 fully saturated rings. The molecule has 4 N–H and O–H groups in total. The minimum Gasteiger partial charge on any atom is -0.383 e. The lowest BCUT2D eigenvalue weighted by Crippen LogP contribution is -2.39. The zero-order chi connectivity index (χ0) is 17.5. The van der Waals surface area contributed by atoms with Gasteiger partial charge in [0, 0.05) is 13.0 Å². The molecule has 0 bridgehead atoms. The molecule has 0 radical (unpaired) electrons. The minimum absolute atomic E-state index is 0. The Bertz CT molecular complexity index is 689. The van der Waals surface area contributed by atoms with Crippen molar-refractivity contribution in [1.82, 2.24) is 5.32 Å². The number of rotatable bonds is 7. The van der Waals surface area contributed by atoms with E-state index in [2.05, 4.69) is 10.3 Å². The maximum Gasteiger partial charge on any atom is 0.188 e. The van der Waals surface area contributed by atoms with Crippen molar-refractivity contribution >= 4 is 29.9 Å². The number of hydrogen-bond acceptors (Lipinski definition) is 2. The first kappa shape index (κ1) is 20.7. The molecular weight excluding hydrogens is 437 g/mol. The number of nitrogens with zero attached hydrogens (tertiary/aromatic N) is 1. The van der Waals surface area contributed by atoms with Crippen molar-refractivity contribution in [3.63, 3.8) is 0 Å². The second-order valence-corrected chi connectivity index (χ2v) is 6.94. The van der Waals surface area contributed by atoms with Gasteiger partial charge in [0.25, 0.3) is 0 Å². The minimum atomic E-state index is -1.08. The number of hydrogen-bond donors (Lipinski definition) is 3. The number of nitrogens with one attached hydrogen (secondary N) is 1. The fourth-order valence-corrected chi connectivity index (χ4v) is 3.15. The van der Waals surface area contributed by atoms with E-state index in [4.69, 9.17) is 5.73 Å². The monoisotopic (exact) mass is 465 g/mol. The van der Waals surface area contributed by atoms with E-state index < -0.39 is 5.60 Å². The number of halogens is 1. The van der Waals surface area contributed by atoms with E-state index in [1.165, 1.54) is 19.3 Å². The fraction of sp³-hybridized carbons (Fsp3) is 0.381. The Morgan fingerprint density at radius 1 is 1.08 bits per heavy atom. The second kappa shape index (κ2) is 9.92. The molecular formula is C21H28IN3O. The third kappa shape index (κ3) is 5.71. The van der Waals surface area contributed by atoms with Crippen LogP contribution in [0.25, 0.3) is 0 Å². The number of aliphatic hydroxyl groups is 1. The van der Waals surface area contributed by atoms with Crippen LogP contribution in [0.15, 0.2) is 65.7 Å². The maximum atomic E-state index is 11.3. The molecule has 0 aliphatic heterocycles. The average molecular weight is 465 g/mol. The standard InChI is InChI=1S/C21H27N3O.HI/c22-20(23-15-18-10-7-11-18)24-16-21(25,19-12-5-2-6-13-19)14-17-8-3-1-4-9-17;/h1-6,8-9,12-13,18,25H,7,10-11,14-16H2,(H3,22,23,24);1H. The SMILES string of the molecule is I.NC(=NCC(O)(Cc1ccccc1)c1ccccc1)NCC1CCC1. The second-order valence-electron chi connectivity index (χ2n) is 6.94. The van der Waals surface area contributed by atoms with Crippen LogP contribution in [0.3, 0.4) is 0 Å². The van der Waals surface area contributed by atoms with E-state index >= 15 is 0 Å². The third-order valence-electron chi connectivity index (χ3n) is 4.96. The van der Waals surface area contributed by atoms with Gasteiger partial charge in [-0.05, 0) is 29.9 Å². The highest BCUT2D eigenvalue weighted by molar-refractivity contribution is 14.0. The lowest BCUT2D eigenvalue weighted by atomic mass is 9.85. The van der Waals surface area contributed by atoms with Gasteiger partial charge in [-0.25, -0.2) is 0 Å². The molecule has 1 unspecified atom stereocenters. The molecule has 5 heteroatoms. The molecule has 0 aromatic heterocycles. The van der Waals surface area contributed by atoms with Crippen LogP contribution in [-0.2, 0) is 12.0 Å². The fourth-order valence-electron chi connectivity index (χ4n) is 3.15. The molecule has 0 amide bonds. The molecule has 4 nitrogen and oxygen atoms in total. The lowest BCUT2D eigenvalue weighted by Gasteiger charge is -2.28. The van der Waals surface area contributed by atoms with Crippen LogP contribution < -0.4 is 11.1 Å². The molecule has 1 atom stereocenters. The van der Waals surface area contributed by atoms with Crippen LogP contribution in [0.1, 0.15) is 30.4 Å². The molecule has 26 heavy (non-hydrogen) atoms. The zero-order valence-electron chi connectivity index (χ0n) is 15.0. The first-order valence-corrected chi connectivity index (χ1v) is 9.01. The molecule has 1 aliphatic rings. The molecule has 0 saturated heterocycles. The number of aliphatic imine (C=N–C) groups is 1. The Morgan fingerprint density at radius 2 is 1.69 bits per heavy atom. The first-order valence-electron chi connectivity index (χ1n) is 9.01. The highest BCUT2D eigenvalue weighted by Crippen LogP contribution is 2.27. The molecule has 0 heterocycles. The van der Waals surface area contributed by atoms with Crippen molar-refractivity contribution in [3.8, 4) is 0 Å². The summed E-state index contributed by atoms with van der Waals surface area (Å²) < 4.78 is 0. The van der Waals surface area contributed by atoms with Gasteiger partial charge in [-0.3, -0.25) is 4.99 Å². The zero-order valence-corrected chi connectivity index (χ0v) is 17.3. The Kier molecular flexibility index (Phi) is 7.90. The smallest absolute Gasteiger partial charge is 0.188 e. The van der Waals surface area contributed by atoms with Crippen LogP contribution in [0.4, 0.5) is 0 Å². The predicted molar refractivity (Wildman–Crippen MR) is 118 cm³/mol. The van der Waals surface area contributed by atoms with E-state index in [-0.39, 0.29) is 30.5 Å². The molecule has 1 aliphatic carbocycles. The summed E-state index contributed by atoms with van der Waals surface area (Å²) in [5.41, 5.74) is 6.86. The van der Waals surface area contributed by atoms with Gasteiger partial charge < -0.3 is 16.2 Å². The summed E-state index contributed by atoms with van der Waals surface area (Å²) in [6.45, 7) is 1.10. The molecule has 140 valence electrons. The Hall–Kier alpha value is -1.60. The van der Waals surface area contributed by atoms with Gasteiger partial charge in [0.1, 0.15) is 5.60 Å². The highest BCUT2D eigenvalue weighted by atomic mass is 127. The molecule has 0 spiro atoms. The van der Waals surface area contributed by atoms with Gasteiger partial charge in [0.15, 0.2) is 5.96 Å². The van der Waals surface area contributed by atoms with Crippen molar-refractivity contribution < 1.29 is 5.11 Å². The van der Waals surface area contributed by atoms with Crippen LogP contribution >= 0.6 is 24.0 Å². The summed E-state index contributed by atoms with van der Waals surface area (Å²) in [7, 11) is 0. The van der Waals surface area contributed by atoms with E-state index in [1.54, 1.807) is 0 Å². The molecule has 3 rings (SSSR count). The Balaban J connectivity index is 0.00000243. The van der Waals surface area contributed by atoms with Gasteiger partial charge in [-0.1, -0.05) is 67.1 Å². The summed E-state index contributed by atoms with van der Waals surface area (Å²) in [5.74, 6) is 1.13. The van der Waals surface area contributed by atoms with E-state index in [9.17, 15) is 5.11 Å². The summed E-state index contributed by atoms with van der Waals surface area (Å²) in [6, 6.07) is 19.7. The quantitative estimate of drug-likeness (QED) is 0.333. The maximum absolute atomic E-state index is 11.3. The van der Waals surface area contributed by atoms with Crippen LogP contribution in [-0.4, -0.2) is 24.2 Å². The lowest BCUT2D eigenvalue weighted by molar-refractivity contribution is 0.0467. The molecule has 1 saturated carbocycles. The normalized spacial score (nSPS) is 16.9. The summed E-state index contributed by atoms with van der Waals surface area (Å²) >= 11 is 0. The van der Waals surface area contributed by atoms with Crippen LogP contribution in [0, 0.1) is 5.92 Å². The van der Waals surface area contributed by atoms with Gasteiger partial charge in [-0.15, -0.1) is 24.0 Å². The highest BCUT2D eigenvalue weighted by Gasteiger charge is 2.29. The first-order chi connectivity index (χ1) is 12.2. The van der Waals surface area contributed by atoms with Gasteiger partial charge in [-0.2, -0.15) is 0 Å². The number of nitrogens with two attached hydrogens (primary N) is 1. The predicted octanol–water partition coefficient (Wildman–Crippen LogP) is 3.44. The summed E-state index contributed by atoms with van der Waals surface area (Å²) in [4.78, 5) is 4.43. The number of benzene rings is 2. The van der Waals surface area contributed by atoms with Crippen molar-refractivity contribution in [2.75, 3.05) is 13.1 Å². The van der Waals surface area contributed by atoms with Crippen molar-refractivity contribution in [1.29, 1.82) is 0 Å². The van der Waals surface area contributed by atoms with Crippen LogP contribution in [0.2, 0.25) is 0 Å². The Morgan fingerprint density at radius 3 is 2.27 bits per heavy atom. The van der Waals surface area contributed by atoms with E-state index in [0.717, 1.165) is 17.7 Å². The average Bonchev–Trinajstić information content (AvgIpc) is 2.60. The van der Waals surface area contributed by atoms with Gasteiger partial charge in [0.05, 0.1) is 6.54 Å². The third-order valence-corrected chi connectivity index (χ3v) is 4.96. The van der Waals surface area contributed by atoms with Crippen molar-refractivity contribution in [2.45, 2.75) is 31.3 Å². The summed E-state index contributed by atoms with van der Waals surface area (Å²) in [5, 5.41) is 14.5. The molecule has 2 aromatic rings. The Labute approximate surface area is 172 Å². The topological polar surface area (TPSA) is 70.6 Å². The van der Waals surface area contributed by atoms with E-state index in [0.29, 0.717) is 18.3 Å².